The van der Waals surface area contributed by atoms with Gasteiger partial charge in [-0.3, -0.25) is 4.99 Å². The average molecular weight is 230 g/mol. The van der Waals surface area contributed by atoms with Gasteiger partial charge in [-0.2, -0.15) is 0 Å². The summed E-state index contributed by atoms with van der Waals surface area (Å²) in [5.74, 6) is 0. The maximum Gasteiger partial charge on any atom is 0.134 e. The zero-order valence-electron chi connectivity index (χ0n) is 8.93. The molecule has 0 spiro atoms. The molecule has 0 aromatic rings. The number of hydrogen-bond donors (Lipinski definition) is 2. The van der Waals surface area contributed by atoms with Gasteiger partial charge in [0, 0.05) is 13.0 Å². The molecule has 0 amide bonds. The highest BCUT2D eigenvalue weighted by atomic mass is 32.2. The summed E-state index contributed by atoms with van der Waals surface area (Å²) in [6.07, 6.45) is 2.29. The Balaban J connectivity index is 2.00. The van der Waals surface area contributed by atoms with Crippen LogP contribution >= 0.6 is 11.8 Å². The molecule has 1 fully saturated rings. The van der Waals surface area contributed by atoms with Crippen molar-refractivity contribution in [1.82, 2.24) is 0 Å². The fourth-order valence-electron chi connectivity index (χ4n) is 1.98. The summed E-state index contributed by atoms with van der Waals surface area (Å²) in [6.45, 7) is 2.61. The van der Waals surface area contributed by atoms with Gasteiger partial charge < -0.3 is 15.6 Å². The van der Waals surface area contributed by atoms with Crippen LogP contribution in [-0.4, -0.2) is 40.4 Å². The molecular weight excluding hydrogens is 212 g/mol. The molecule has 5 heteroatoms. The summed E-state index contributed by atoms with van der Waals surface area (Å²) in [4.78, 5) is 4.51. The third-order valence-corrected chi connectivity index (χ3v) is 3.98. The van der Waals surface area contributed by atoms with Gasteiger partial charge >= 0.3 is 0 Å². The third kappa shape index (κ3) is 2.36. The summed E-state index contributed by atoms with van der Waals surface area (Å²) < 4.78 is 5.77. The number of fused-ring (bicyclic) bond motifs is 1. The number of rotatable bonds is 3. The van der Waals surface area contributed by atoms with Crippen molar-refractivity contribution in [2.45, 2.75) is 49.9 Å². The van der Waals surface area contributed by atoms with Crippen LogP contribution in [0.4, 0.5) is 0 Å². The van der Waals surface area contributed by atoms with E-state index in [9.17, 15) is 5.11 Å². The van der Waals surface area contributed by atoms with Gasteiger partial charge in [0.2, 0.25) is 0 Å². The molecular formula is C10H18N2O2S. The minimum absolute atomic E-state index is 0.00933. The molecule has 2 rings (SSSR count). The molecule has 2 heterocycles. The molecule has 86 valence electrons. The first-order valence-electron chi connectivity index (χ1n) is 5.51. The Morgan fingerprint density at radius 2 is 2.47 bits per heavy atom. The van der Waals surface area contributed by atoms with Crippen molar-refractivity contribution in [2.24, 2.45) is 10.7 Å². The lowest BCUT2D eigenvalue weighted by Gasteiger charge is -2.33. The third-order valence-electron chi connectivity index (χ3n) is 2.78. The molecule has 0 aromatic carbocycles. The van der Waals surface area contributed by atoms with Crippen LogP contribution < -0.4 is 5.73 Å². The fourth-order valence-corrected chi connectivity index (χ4v) is 3.35. The molecule has 2 aliphatic rings. The summed E-state index contributed by atoms with van der Waals surface area (Å²) >= 11 is 1.65. The molecule has 3 N–H and O–H groups in total. The second-order valence-corrected chi connectivity index (χ2v) is 5.22. The van der Waals surface area contributed by atoms with E-state index in [0.29, 0.717) is 13.0 Å². The molecule has 0 bridgehead atoms. The van der Waals surface area contributed by atoms with Crippen molar-refractivity contribution in [3.05, 3.63) is 0 Å². The van der Waals surface area contributed by atoms with Crippen molar-refractivity contribution in [2.75, 3.05) is 6.54 Å². The lowest BCUT2D eigenvalue weighted by atomic mass is 10.0. The summed E-state index contributed by atoms with van der Waals surface area (Å²) in [5.41, 5.74) is 5.55. The SMILES string of the molecule is CCCC1=NC2C(O)CC(CN)OC2S1. The smallest absolute Gasteiger partial charge is 0.134 e. The van der Waals surface area contributed by atoms with E-state index >= 15 is 0 Å². The van der Waals surface area contributed by atoms with E-state index in [4.69, 9.17) is 10.5 Å². The highest BCUT2D eigenvalue weighted by molar-refractivity contribution is 8.14. The van der Waals surface area contributed by atoms with Gasteiger partial charge in [0.05, 0.1) is 17.3 Å². The number of aliphatic hydroxyl groups is 1. The van der Waals surface area contributed by atoms with E-state index in [0.717, 1.165) is 17.9 Å². The largest absolute Gasteiger partial charge is 0.391 e. The van der Waals surface area contributed by atoms with Crippen molar-refractivity contribution in [3.63, 3.8) is 0 Å². The minimum Gasteiger partial charge on any atom is -0.391 e. The Kier molecular flexibility index (Phi) is 3.66. The number of ether oxygens (including phenoxy) is 1. The predicted molar refractivity (Wildman–Crippen MR) is 62.1 cm³/mol. The highest BCUT2D eigenvalue weighted by Gasteiger charge is 2.41. The Hall–Kier alpha value is -0.100. The first-order chi connectivity index (χ1) is 7.24. The average Bonchev–Trinajstić information content (AvgIpc) is 2.61. The zero-order valence-corrected chi connectivity index (χ0v) is 9.74. The Bertz CT molecular complexity index is 260. The Morgan fingerprint density at radius 3 is 3.13 bits per heavy atom. The van der Waals surface area contributed by atoms with Crippen LogP contribution in [0.3, 0.4) is 0 Å². The number of aliphatic imine (C=N–C) groups is 1. The van der Waals surface area contributed by atoms with E-state index in [2.05, 4.69) is 11.9 Å². The molecule has 0 aromatic heterocycles. The maximum atomic E-state index is 9.91. The van der Waals surface area contributed by atoms with Crippen molar-refractivity contribution in [3.8, 4) is 0 Å². The number of hydrogen-bond acceptors (Lipinski definition) is 5. The molecule has 4 atom stereocenters. The molecule has 0 radical (unpaired) electrons. The van der Waals surface area contributed by atoms with Crippen LogP contribution in [0.15, 0.2) is 4.99 Å². The van der Waals surface area contributed by atoms with Crippen LogP contribution in [0.25, 0.3) is 0 Å². The molecule has 0 aliphatic carbocycles. The fraction of sp³-hybridized carbons (Fsp3) is 0.900. The van der Waals surface area contributed by atoms with E-state index < -0.39 is 0 Å². The van der Waals surface area contributed by atoms with Crippen molar-refractivity contribution < 1.29 is 9.84 Å². The summed E-state index contributed by atoms with van der Waals surface area (Å²) in [6, 6.07) is -0.0700. The van der Waals surface area contributed by atoms with Crippen molar-refractivity contribution >= 4 is 16.8 Å². The second-order valence-electron chi connectivity index (χ2n) is 4.05. The first-order valence-corrected chi connectivity index (χ1v) is 6.39. The lowest BCUT2D eigenvalue weighted by molar-refractivity contribution is -0.0651. The standard InChI is InChI=1S/C10H18N2O2S/c1-2-3-8-12-9-7(13)4-6(5-11)14-10(9)15-8/h6-7,9-10,13H,2-5,11H2,1H3. The minimum atomic E-state index is -0.390. The number of nitrogens with zero attached hydrogens (tertiary/aromatic N) is 1. The van der Waals surface area contributed by atoms with Gasteiger partial charge in [0.15, 0.2) is 0 Å². The van der Waals surface area contributed by atoms with E-state index in [-0.39, 0.29) is 23.7 Å². The number of aliphatic hydroxyl groups excluding tert-OH is 1. The van der Waals surface area contributed by atoms with Gasteiger partial charge in [0.1, 0.15) is 11.5 Å². The maximum absolute atomic E-state index is 9.91. The zero-order chi connectivity index (χ0) is 10.8. The Labute approximate surface area is 94.3 Å². The second kappa shape index (κ2) is 4.82. The number of nitrogens with two attached hydrogens (primary N) is 1. The lowest BCUT2D eigenvalue weighted by Crippen LogP contribution is -2.46. The van der Waals surface area contributed by atoms with Crippen LogP contribution in [-0.2, 0) is 4.74 Å². The van der Waals surface area contributed by atoms with Gasteiger partial charge in [-0.15, -0.1) is 0 Å². The molecule has 1 saturated heterocycles. The molecule has 4 unspecified atom stereocenters. The molecule has 2 aliphatic heterocycles. The van der Waals surface area contributed by atoms with Crippen LogP contribution in [0.5, 0.6) is 0 Å². The quantitative estimate of drug-likeness (QED) is 0.750. The van der Waals surface area contributed by atoms with E-state index in [1.807, 2.05) is 0 Å². The Morgan fingerprint density at radius 1 is 1.67 bits per heavy atom. The van der Waals surface area contributed by atoms with Gasteiger partial charge in [-0.05, 0) is 6.42 Å². The molecule has 15 heavy (non-hydrogen) atoms. The van der Waals surface area contributed by atoms with Crippen molar-refractivity contribution in [1.29, 1.82) is 0 Å². The molecule has 4 nitrogen and oxygen atoms in total. The van der Waals surface area contributed by atoms with Crippen LogP contribution in [0.1, 0.15) is 26.2 Å². The monoisotopic (exact) mass is 230 g/mol. The first kappa shape index (κ1) is 11.4. The van der Waals surface area contributed by atoms with Gasteiger partial charge in [-0.25, -0.2) is 0 Å². The van der Waals surface area contributed by atoms with Gasteiger partial charge in [-0.1, -0.05) is 25.1 Å². The highest BCUT2D eigenvalue weighted by Crippen LogP contribution is 2.37. The van der Waals surface area contributed by atoms with Crippen LogP contribution in [0.2, 0.25) is 0 Å². The normalized spacial score (nSPS) is 40.1. The number of thioether (sulfide) groups is 1. The van der Waals surface area contributed by atoms with E-state index in [1.54, 1.807) is 11.8 Å². The predicted octanol–water partition coefficient (Wildman–Crippen LogP) is 0.735. The van der Waals surface area contributed by atoms with E-state index in [1.165, 1.54) is 0 Å². The molecule has 0 saturated carbocycles. The topological polar surface area (TPSA) is 67.8 Å². The summed E-state index contributed by atoms with van der Waals surface area (Å²) in [5, 5.41) is 11.0. The van der Waals surface area contributed by atoms with Gasteiger partial charge in [0.25, 0.3) is 0 Å². The summed E-state index contributed by atoms with van der Waals surface area (Å²) in [7, 11) is 0. The van der Waals surface area contributed by atoms with Crippen LogP contribution in [0, 0.1) is 0 Å².